The maximum atomic E-state index is 13.5. The van der Waals surface area contributed by atoms with Gasteiger partial charge in [-0.05, 0) is 50.1 Å². The molecule has 2 N–H and O–H groups in total. The molecule has 10 heteroatoms. The van der Waals surface area contributed by atoms with Gasteiger partial charge in [0, 0.05) is 12.2 Å². The number of benzene rings is 2. The van der Waals surface area contributed by atoms with Crippen molar-refractivity contribution in [2.45, 2.75) is 37.9 Å². The first-order valence-corrected chi connectivity index (χ1v) is 10.4. The second-order valence-electron chi connectivity index (χ2n) is 6.45. The molecule has 4 nitrogen and oxygen atoms in total. The maximum absolute atomic E-state index is 13.5. The van der Waals surface area contributed by atoms with E-state index in [-0.39, 0.29) is 20.6 Å². The molecule has 0 fully saturated rings. The number of rotatable bonds is 6. The monoisotopic (exact) mass is 454 g/mol. The van der Waals surface area contributed by atoms with Crippen molar-refractivity contribution in [1.82, 2.24) is 4.72 Å². The molecule has 2 aromatic rings. The van der Waals surface area contributed by atoms with E-state index in [4.69, 9.17) is 23.2 Å². The summed E-state index contributed by atoms with van der Waals surface area (Å²) in [5.74, 6) is 0. The zero-order valence-corrected chi connectivity index (χ0v) is 17.6. The minimum absolute atomic E-state index is 0.151. The molecule has 1 atom stereocenters. The van der Waals surface area contributed by atoms with Gasteiger partial charge < -0.3 is 5.32 Å². The van der Waals surface area contributed by atoms with Gasteiger partial charge in [-0.15, -0.1) is 0 Å². The molecule has 0 amide bonds. The molecule has 0 saturated heterocycles. The van der Waals surface area contributed by atoms with E-state index in [0.29, 0.717) is 11.1 Å². The van der Waals surface area contributed by atoms with Gasteiger partial charge in [-0.3, -0.25) is 0 Å². The van der Waals surface area contributed by atoms with Gasteiger partial charge in [-0.25, -0.2) is 8.42 Å². The number of sulfonamides is 1. The van der Waals surface area contributed by atoms with Crippen LogP contribution in [0.25, 0.3) is 0 Å². The van der Waals surface area contributed by atoms with Crippen LogP contribution in [0, 0.1) is 20.8 Å². The van der Waals surface area contributed by atoms with Gasteiger partial charge in [0.25, 0.3) is 0 Å². The second kappa shape index (κ2) is 8.49. The van der Waals surface area contributed by atoms with Gasteiger partial charge in [-0.1, -0.05) is 40.9 Å². The van der Waals surface area contributed by atoms with Crippen molar-refractivity contribution in [2.24, 2.45) is 0 Å². The zero-order chi connectivity index (χ0) is 21.3. The Morgan fingerprint density at radius 3 is 2.07 bits per heavy atom. The van der Waals surface area contributed by atoms with Gasteiger partial charge in [0.05, 0.1) is 14.9 Å². The van der Waals surface area contributed by atoms with Crippen molar-refractivity contribution in [1.29, 1.82) is 0 Å². The van der Waals surface area contributed by atoms with E-state index in [1.54, 1.807) is 37.6 Å². The van der Waals surface area contributed by atoms with Crippen molar-refractivity contribution in [3.63, 3.8) is 0 Å². The van der Waals surface area contributed by atoms with Crippen molar-refractivity contribution < 1.29 is 21.6 Å². The lowest BCUT2D eigenvalue weighted by atomic mass is 10.1. The fourth-order valence-corrected chi connectivity index (χ4v) is 4.86. The smallest absolute Gasteiger partial charge is 0.383 e. The summed E-state index contributed by atoms with van der Waals surface area (Å²) in [6, 6.07) is 5.12. The number of hydrogen-bond donors (Lipinski definition) is 2. The van der Waals surface area contributed by atoms with Gasteiger partial charge >= 0.3 is 6.18 Å². The zero-order valence-electron chi connectivity index (χ0n) is 15.3. The number of hydrogen-bond acceptors (Lipinski definition) is 3. The van der Waals surface area contributed by atoms with Crippen LogP contribution >= 0.6 is 23.2 Å². The Hall–Kier alpha value is -1.48. The Labute approximate surface area is 172 Å². The summed E-state index contributed by atoms with van der Waals surface area (Å²) in [6.45, 7) is 4.16. The molecule has 1 unspecified atom stereocenters. The number of nitrogens with one attached hydrogen (secondary N) is 2. The van der Waals surface area contributed by atoms with Crippen molar-refractivity contribution in [3.8, 4) is 0 Å². The highest BCUT2D eigenvalue weighted by Crippen LogP contribution is 2.28. The molecule has 0 aromatic heterocycles. The van der Waals surface area contributed by atoms with Crippen LogP contribution in [0.5, 0.6) is 0 Å². The topological polar surface area (TPSA) is 58.2 Å². The first-order chi connectivity index (χ1) is 12.8. The van der Waals surface area contributed by atoms with E-state index in [0.717, 1.165) is 5.56 Å². The van der Waals surface area contributed by atoms with E-state index >= 15 is 0 Å². The summed E-state index contributed by atoms with van der Waals surface area (Å²) in [6.07, 6.45) is -4.80. The van der Waals surface area contributed by atoms with E-state index in [9.17, 15) is 21.6 Å². The van der Waals surface area contributed by atoms with Crippen molar-refractivity contribution >= 4 is 38.9 Å². The van der Waals surface area contributed by atoms with Gasteiger partial charge in [0.15, 0.2) is 0 Å². The standard InChI is InChI=1S/C18H19Cl2F3N2O2S/c1-10-6-11(2)17(12(3)7-10)28(26,27)25-16(18(21,22)23)9-24-13-4-5-14(19)15(20)8-13/h4-8,16,24-25H,9H2,1-3H3. The summed E-state index contributed by atoms with van der Waals surface area (Å²) in [7, 11) is -4.40. The molecule has 154 valence electrons. The molecule has 0 aliphatic carbocycles. The average Bonchev–Trinajstić information content (AvgIpc) is 2.52. The van der Waals surface area contributed by atoms with Crippen LogP contribution in [0.1, 0.15) is 16.7 Å². The molecule has 0 radical (unpaired) electrons. The Balaban J connectivity index is 2.28. The van der Waals surface area contributed by atoms with Crippen LogP contribution in [0.15, 0.2) is 35.2 Å². The Morgan fingerprint density at radius 2 is 1.57 bits per heavy atom. The first-order valence-electron chi connectivity index (χ1n) is 8.17. The van der Waals surface area contributed by atoms with Gasteiger partial charge in [0.1, 0.15) is 6.04 Å². The molecule has 28 heavy (non-hydrogen) atoms. The normalized spacial score (nSPS) is 13.4. The SMILES string of the molecule is Cc1cc(C)c(S(=O)(=O)NC(CNc2ccc(Cl)c(Cl)c2)C(F)(F)F)c(C)c1. The van der Waals surface area contributed by atoms with Gasteiger partial charge in [0.2, 0.25) is 10.0 Å². The molecule has 2 rings (SSSR count). The highest BCUT2D eigenvalue weighted by atomic mass is 35.5. The fourth-order valence-electron chi connectivity index (χ4n) is 2.89. The molecular weight excluding hydrogens is 436 g/mol. The predicted molar refractivity (Wildman–Crippen MR) is 106 cm³/mol. The number of alkyl halides is 3. The third-order valence-corrected chi connectivity index (χ3v) is 6.51. The maximum Gasteiger partial charge on any atom is 0.406 e. The number of halogens is 5. The molecule has 0 heterocycles. The quantitative estimate of drug-likeness (QED) is 0.627. The minimum atomic E-state index is -4.80. The third-order valence-electron chi connectivity index (χ3n) is 4.00. The first kappa shape index (κ1) is 22.8. The summed E-state index contributed by atoms with van der Waals surface area (Å²) in [4.78, 5) is -0.151. The van der Waals surface area contributed by atoms with Crippen LogP contribution in [0.2, 0.25) is 10.0 Å². The Bertz CT molecular complexity index is 956. The third kappa shape index (κ3) is 5.53. The van der Waals surface area contributed by atoms with E-state index < -0.39 is 28.8 Å². The van der Waals surface area contributed by atoms with Crippen LogP contribution in [-0.2, 0) is 10.0 Å². The summed E-state index contributed by atoms with van der Waals surface area (Å²) in [5.41, 5.74) is 1.86. The highest BCUT2D eigenvalue weighted by molar-refractivity contribution is 7.89. The van der Waals surface area contributed by atoms with Crippen LogP contribution in [-0.4, -0.2) is 27.2 Å². The largest absolute Gasteiger partial charge is 0.406 e. The van der Waals surface area contributed by atoms with Crippen LogP contribution in [0.3, 0.4) is 0 Å². The molecule has 0 spiro atoms. The van der Waals surface area contributed by atoms with E-state index in [1.807, 2.05) is 0 Å². The average molecular weight is 455 g/mol. The Morgan fingerprint density at radius 1 is 1.00 bits per heavy atom. The van der Waals surface area contributed by atoms with Crippen molar-refractivity contribution in [3.05, 3.63) is 57.1 Å². The Kier molecular flexibility index (Phi) is 6.91. The number of aryl methyl sites for hydroxylation is 3. The molecular formula is C18H19Cl2F3N2O2S. The summed E-state index contributed by atoms with van der Waals surface area (Å²) < 4.78 is 67.5. The van der Waals surface area contributed by atoms with Gasteiger partial charge in [-0.2, -0.15) is 17.9 Å². The summed E-state index contributed by atoms with van der Waals surface area (Å²) >= 11 is 11.6. The lowest BCUT2D eigenvalue weighted by Crippen LogP contribution is -2.49. The lowest BCUT2D eigenvalue weighted by Gasteiger charge is -2.23. The molecule has 2 aromatic carbocycles. The van der Waals surface area contributed by atoms with E-state index in [1.165, 1.54) is 18.2 Å². The second-order valence-corrected chi connectivity index (χ2v) is 8.92. The van der Waals surface area contributed by atoms with Crippen LogP contribution < -0.4 is 10.0 Å². The molecule has 0 aliphatic rings. The molecule has 0 saturated carbocycles. The van der Waals surface area contributed by atoms with Crippen LogP contribution in [0.4, 0.5) is 18.9 Å². The highest BCUT2D eigenvalue weighted by Gasteiger charge is 2.42. The predicted octanol–water partition coefficient (Wildman–Crippen LogP) is 5.24. The molecule has 0 bridgehead atoms. The fraction of sp³-hybridized carbons (Fsp3) is 0.333. The van der Waals surface area contributed by atoms with E-state index in [2.05, 4.69) is 5.32 Å². The number of anilines is 1. The minimum Gasteiger partial charge on any atom is -0.383 e. The summed E-state index contributed by atoms with van der Waals surface area (Å²) in [5, 5.41) is 2.97. The lowest BCUT2D eigenvalue weighted by molar-refractivity contribution is -0.148. The molecule has 0 aliphatic heterocycles. The van der Waals surface area contributed by atoms with Crippen molar-refractivity contribution in [2.75, 3.05) is 11.9 Å².